The molecule has 0 aliphatic carbocycles. The molecule has 0 amide bonds. The molecule has 15 heavy (non-hydrogen) atoms. The van der Waals surface area contributed by atoms with Gasteiger partial charge in [0.2, 0.25) is 0 Å². The van der Waals surface area contributed by atoms with Gasteiger partial charge in [-0.3, -0.25) is 4.68 Å². The van der Waals surface area contributed by atoms with Gasteiger partial charge >= 0.3 is 0 Å². The summed E-state index contributed by atoms with van der Waals surface area (Å²) < 4.78 is 2.10. The van der Waals surface area contributed by atoms with Crippen molar-refractivity contribution in [3.8, 4) is 0 Å². The first-order valence-electron chi connectivity index (χ1n) is 5.94. The van der Waals surface area contributed by atoms with E-state index in [0.29, 0.717) is 0 Å². The van der Waals surface area contributed by atoms with Crippen molar-refractivity contribution < 1.29 is 0 Å². The van der Waals surface area contributed by atoms with Crippen LogP contribution in [-0.4, -0.2) is 22.9 Å². The topological polar surface area (TPSA) is 29.9 Å². The van der Waals surface area contributed by atoms with Crippen molar-refractivity contribution in [2.24, 2.45) is 0 Å². The van der Waals surface area contributed by atoms with E-state index in [1.165, 1.54) is 23.4 Å². The molecule has 0 radical (unpaired) electrons. The zero-order chi connectivity index (χ0) is 11.3. The molecule has 1 N–H and O–H groups in total. The van der Waals surface area contributed by atoms with Gasteiger partial charge in [0.25, 0.3) is 0 Å². The van der Waals surface area contributed by atoms with Gasteiger partial charge in [-0.15, -0.1) is 0 Å². The number of hydrogen-bond acceptors (Lipinski definition) is 2. The van der Waals surface area contributed by atoms with Crippen LogP contribution in [0.3, 0.4) is 0 Å². The van der Waals surface area contributed by atoms with Crippen LogP contribution < -0.4 is 5.32 Å². The molecule has 1 heterocycles. The van der Waals surface area contributed by atoms with E-state index in [-0.39, 0.29) is 0 Å². The molecule has 0 fully saturated rings. The Hall–Kier alpha value is -0.830. The summed E-state index contributed by atoms with van der Waals surface area (Å²) in [6, 6.07) is 0. The van der Waals surface area contributed by atoms with Gasteiger partial charge in [-0.25, -0.2) is 0 Å². The molecule has 1 rings (SSSR count). The minimum atomic E-state index is 0.972. The second-order valence-corrected chi connectivity index (χ2v) is 3.92. The van der Waals surface area contributed by atoms with Crippen molar-refractivity contribution in [3.05, 3.63) is 17.0 Å². The molecule has 0 atom stereocenters. The molecule has 0 saturated heterocycles. The Balaban J connectivity index is 2.56. The van der Waals surface area contributed by atoms with Gasteiger partial charge in [-0.05, 0) is 52.3 Å². The second-order valence-electron chi connectivity index (χ2n) is 3.92. The molecule has 0 aromatic carbocycles. The molecule has 0 aliphatic rings. The maximum Gasteiger partial charge on any atom is 0.0628 e. The molecule has 3 heteroatoms. The molecular formula is C12H23N3. The third-order valence-electron chi connectivity index (χ3n) is 2.86. The molecule has 0 aliphatic heterocycles. The lowest BCUT2D eigenvalue weighted by Crippen LogP contribution is -2.14. The van der Waals surface area contributed by atoms with Crippen molar-refractivity contribution in [1.82, 2.24) is 15.1 Å². The quantitative estimate of drug-likeness (QED) is 0.727. The van der Waals surface area contributed by atoms with E-state index < -0.39 is 0 Å². The molecule has 86 valence electrons. The van der Waals surface area contributed by atoms with Gasteiger partial charge in [0.1, 0.15) is 0 Å². The molecule has 1 aromatic rings. The summed E-state index contributed by atoms with van der Waals surface area (Å²) in [5.74, 6) is 0. The van der Waals surface area contributed by atoms with Crippen LogP contribution in [-0.2, 0) is 13.0 Å². The Kier molecular flexibility index (Phi) is 4.82. The largest absolute Gasteiger partial charge is 0.317 e. The average Bonchev–Trinajstić information content (AvgIpc) is 2.50. The van der Waals surface area contributed by atoms with Gasteiger partial charge in [-0.1, -0.05) is 6.92 Å². The van der Waals surface area contributed by atoms with Crippen LogP contribution in [0.4, 0.5) is 0 Å². The summed E-state index contributed by atoms with van der Waals surface area (Å²) >= 11 is 0. The van der Waals surface area contributed by atoms with Crippen LogP contribution in [0, 0.1) is 13.8 Å². The van der Waals surface area contributed by atoms with Crippen molar-refractivity contribution >= 4 is 0 Å². The number of hydrogen-bond donors (Lipinski definition) is 1. The molecule has 0 spiro atoms. The maximum absolute atomic E-state index is 4.52. The van der Waals surface area contributed by atoms with E-state index in [1.54, 1.807) is 0 Å². The third-order valence-corrected chi connectivity index (χ3v) is 2.86. The van der Waals surface area contributed by atoms with E-state index in [0.717, 1.165) is 26.1 Å². The van der Waals surface area contributed by atoms with E-state index in [1.807, 2.05) is 0 Å². The van der Waals surface area contributed by atoms with Crippen LogP contribution in [0.15, 0.2) is 0 Å². The SMILES string of the molecule is CCNCCCc1c(C)nn(CC)c1C. The first-order chi connectivity index (χ1) is 7.20. The van der Waals surface area contributed by atoms with E-state index in [4.69, 9.17) is 0 Å². The standard InChI is InChI=1S/C12H23N3/c1-5-13-9-7-8-12-10(3)14-15(6-2)11(12)4/h13H,5-9H2,1-4H3. The monoisotopic (exact) mass is 209 g/mol. The zero-order valence-corrected chi connectivity index (χ0v) is 10.4. The van der Waals surface area contributed by atoms with Gasteiger partial charge in [0.05, 0.1) is 5.69 Å². The molecule has 3 nitrogen and oxygen atoms in total. The lowest BCUT2D eigenvalue weighted by atomic mass is 10.1. The highest BCUT2D eigenvalue weighted by Gasteiger charge is 2.09. The molecule has 0 saturated carbocycles. The summed E-state index contributed by atoms with van der Waals surface area (Å²) in [6.07, 6.45) is 2.34. The fourth-order valence-electron chi connectivity index (χ4n) is 1.97. The smallest absolute Gasteiger partial charge is 0.0628 e. The first-order valence-corrected chi connectivity index (χ1v) is 5.94. The highest BCUT2D eigenvalue weighted by molar-refractivity contribution is 5.24. The minimum absolute atomic E-state index is 0.972. The van der Waals surface area contributed by atoms with Crippen molar-refractivity contribution in [3.63, 3.8) is 0 Å². The number of aryl methyl sites for hydroxylation is 2. The maximum atomic E-state index is 4.52. The van der Waals surface area contributed by atoms with Crippen LogP contribution in [0.25, 0.3) is 0 Å². The number of nitrogens with one attached hydrogen (secondary N) is 1. The van der Waals surface area contributed by atoms with Gasteiger partial charge < -0.3 is 5.32 Å². The highest BCUT2D eigenvalue weighted by Crippen LogP contribution is 2.14. The van der Waals surface area contributed by atoms with Gasteiger partial charge in [0, 0.05) is 12.2 Å². The Labute approximate surface area is 92.9 Å². The Morgan fingerprint density at radius 2 is 2.00 bits per heavy atom. The van der Waals surface area contributed by atoms with E-state index in [2.05, 4.69) is 42.8 Å². The summed E-state index contributed by atoms with van der Waals surface area (Å²) in [4.78, 5) is 0. The van der Waals surface area contributed by atoms with Crippen LogP contribution in [0.5, 0.6) is 0 Å². The fraction of sp³-hybridized carbons (Fsp3) is 0.750. The lowest BCUT2D eigenvalue weighted by Gasteiger charge is -2.03. The Bertz CT molecular complexity index is 302. The predicted octanol–water partition coefficient (Wildman–Crippen LogP) is 2.06. The van der Waals surface area contributed by atoms with Crippen molar-refractivity contribution in [2.75, 3.05) is 13.1 Å². The van der Waals surface area contributed by atoms with E-state index in [9.17, 15) is 0 Å². The van der Waals surface area contributed by atoms with Crippen LogP contribution in [0.1, 0.15) is 37.2 Å². The molecule has 1 aromatic heterocycles. The van der Waals surface area contributed by atoms with Crippen molar-refractivity contribution in [1.29, 1.82) is 0 Å². The summed E-state index contributed by atoms with van der Waals surface area (Å²) in [5.41, 5.74) is 3.98. The van der Waals surface area contributed by atoms with Gasteiger partial charge in [-0.2, -0.15) is 5.10 Å². The summed E-state index contributed by atoms with van der Waals surface area (Å²) in [5, 5.41) is 7.87. The van der Waals surface area contributed by atoms with Crippen LogP contribution >= 0.6 is 0 Å². The fourth-order valence-corrected chi connectivity index (χ4v) is 1.97. The summed E-state index contributed by atoms with van der Waals surface area (Å²) in [6.45, 7) is 11.7. The minimum Gasteiger partial charge on any atom is -0.317 e. The summed E-state index contributed by atoms with van der Waals surface area (Å²) in [7, 11) is 0. The number of rotatable bonds is 6. The zero-order valence-electron chi connectivity index (χ0n) is 10.4. The first kappa shape index (κ1) is 12.2. The molecule has 0 bridgehead atoms. The van der Waals surface area contributed by atoms with Gasteiger partial charge in [0.15, 0.2) is 0 Å². The lowest BCUT2D eigenvalue weighted by molar-refractivity contribution is 0.631. The normalized spacial score (nSPS) is 10.9. The van der Waals surface area contributed by atoms with E-state index >= 15 is 0 Å². The Morgan fingerprint density at radius 3 is 2.53 bits per heavy atom. The highest BCUT2D eigenvalue weighted by atomic mass is 15.3. The van der Waals surface area contributed by atoms with Crippen LogP contribution in [0.2, 0.25) is 0 Å². The predicted molar refractivity (Wildman–Crippen MR) is 64.2 cm³/mol. The molecule has 0 unspecified atom stereocenters. The second kappa shape index (κ2) is 5.91. The average molecular weight is 209 g/mol. The number of nitrogens with zero attached hydrogens (tertiary/aromatic N) is 2. The van der Waals surface area contributed by atoms with Crippen molar-refractivity contribution in [2.45, 2.75) is 47.1 Å². The molecular weight excluding hydrogens is 186 g/mol. The number of aromatic nitrogens is 2. The Morgan fingerprint density at radius 1 is 1.27 bits per heavy atom. The third kappa shape index (κ3) is 3.06.